The third kappa shape index (κ3) is 6.12. The quantitative estimate of drug-likeness (QED) is 0.608. The SMILES string of the molecule is CCNc1nc(C)cc(NCCNC(=O)COc2ccccc2)n1. The molecule has 1 aromatic carbocycles. The summed E-state index contributed by atoms with van der Waals surface area (Å²) >= 11 is 0. The van der Waals surface area contributed by atoms with Gasteiger partial charge in [0.05, 0.1) is 0 Å². The number of ether oxygens (including phenoxy) is 1. The third-order valence-corrected chi connectivity index (χ3v) is 3.06. The van der Waals surface area contributed by atoms with E-state index in [1.54, 1.807) is 0 Å². The molecule has 24 heavy (non-hydrogen) atoms. The van der Waals surface area contributed by atoms with Crippen molar-refractivity contribution in [1.29, 1.82) is 0 Å². The van der Waals surface area contributed by atoms with Crippen LogP contribution < -0.4 is 20.7 Å². The minimum absolute atomic E-state index is 0.00119. The molecule has 0 fully saturated rings. The number of anilines is 2. The van der Waals surface area contributed by atoms with Crippen LogP contribution in [-0.2, 0) is 4.79 Å². The zero-order valence-corrected chi connectivity index (χ0v) is 14.0. The van der Waals surface area contributed by atoms with Crippen LogP contribution in [0.3, 0.4) is 0 Å². The molecular formula is C17H23N5O2. The minimum Gasteiger partial charge on any atom is -0.484 e. The number of para-hydroxylation sites is 1. The molecule has 2 aromatic rings. The molecule has 1 aromatic heterocycles. The molecule has 0 atom stereocenters. The van der Waals surface area contributed by atoms with Crippen LogP contribution in [-0.4, -0.2) is 42.1 Å². The van der Waals surface area contributed by atoms with E-state index < -0.39 is 0 Å². The highest BCUT2D eigenvalue weighted by molar-refractivity contribution is 5.77. The van der Waals surface area contributed by atoms with Gasteiger partial charge in [-0.1, -0.05) is 18.2 Å². The Balaban J connectivity index is 1.68. The van der Waals surface area contributed by atoms with Crippen LogP contribution in [0.25, 0.3) is 0 Å². The first-order chi connectivity index (χ1) is 11.7. The van der Waals surface area contributed by atoms with Gasteiger partial charge in [-0.3, -0.25) is 4.79 Å². The molecule has 0 aliphatic rings. The van der Waals surface area contributed by atoms with Gasteiger partial charge >= 0.3 is 0 Å². The predicted octanol–water partition coefficient (Wildman–Crippen LogP) is 1.82. The summed E-state index contributed by atoms with van der Waals surface area (Å²) in [6.45, 7) is 5.72. The van der Waals surface area contributed by atoms with Gasteiger partial charge in [-0.15, -0.1) is 0 Å². The zero-order valence-electron chi connectivity index (χ0n) is 14.0. The highest BCUT2D eigenvalue weighted by Crippen LogP contribution is 2.09. The third-order valence-electron chi connectivity index (χ3n) is 3.06. The van der Waals surface area contributed by atoms with Gasteiger partial charge in [0, 0.05) is 31.4 Å². The van der Waals surface area contributed by atoms with Crippen molar-refractivity contribution in [2.45, 2.75) is 13.8 Å². The molecule has 0 bridgehead atoms. The number of amides is 1. The van der Waals surface area contributed by atoms with E-state index in [2.05, 4.69) is 25.9 Å². The Kier molecular flexibility index (Phi) is 6.82. The topological polar surface area (TPSA) is 88.2 Å². The summed E-state index contributed by atoms with van der Waals surface area (Å²) in [5, 5.41) is 9.04. The average Bonchev–Trinajstić information content (AvgIpc) is 2.58. The lowest BCUT2D eigenvalue weighted by Gasteiger charge is -2.10. The number of aromatic nitrogens is 2. The maximum atomic E-state index is 11.7. The largest absolute Gasteiger partial charge is 0.484 e. The van der Waals surface area contributed by atoms with Gasteiger partial charge in [0.1, 0.15) is 11.6 Å². The number of aryl methyl sites for hydroxylation is 1. The molecule has 0 aliphatic carbocycles. The minimum atomic E-state index is -0.159. The normalized spacial score (nSPS) is 10.1. The molecule has 1 heterocycles. The number of hydrogen-bond donors (Lipinski definition) is 3. The van der Waals surface area contributed by atoms with Gasteiger partial charge in [-0.25, -0.2) is 4.98 Å². The van der Waals surface area contributed by atoms with Crippen LogP contribution in [0, 0.1) is 6.92 Å². The van der Waals surface area contributed by atoms with E-state index in [0.717, 1.165) is 18.1 Å². The first-order valence-corrected chi connectivity index (χ1v) is 7.95. The fourth-order valence-corrected chi connectivity index (χ4v) is 2.01. The number of benzene rings is 1. The molecule has 0 radical (unpaired) electrons. The number of nitrogens with one attached hydrogen (secondary N) is 3. The van der Waals surface area contributed by atoms with E-state index in [9.17, 15) is 4.79 Å². The van der Waals surface area contributed by atoms with Crippen molar-refractivity contribution < 1.29 is 9.53 Å². The van der Waals surface area contributed by atoms with Gasteiger partial charge in [0.2, 0.25) is 5.95 Å². The second-order valence-electron chi connectivity index (χ2n) is 5.13. The molecular weight excluding hydrogens is 306 g/mol. The average molecular weight is 329 g/mol. The molecule has 0 spiro atoms. The van der Waals surface area contributed by atoms with Crippen molar-refractivity contribution in [2.75, 3.05) is 36.9 Å². The second-order valence-corrected chi connectivity index (χ2v) is 5.13. The highest BCUT2D eigenvalue weighted by atomic mass is 16.5. The van der Waals surface area contributed by atoms with E-state index in [0.29, 0.717) is 24.8 Å². The monoisotopic (exact) mass is 329 g/mol. The summed E-state index contributed by atoms with van der Waals surface area (Å²) < 4.78 is 5.38. The van der Waals surface area contributed by atoms with Gasteiger partial charge in [0.15, 0.2) is 6.61 Å². The molecule has 7 nitrogen and oxygen atoms in total. The smallest absolute Gasteiger partial charge is 0.258 e. The summed E-state index contributed by atoms with van der Waals surface area (Å²) in [6, 6.07) is 11.1. The Morgan fingerprint density at radius 1 is 1.12 bits per heavy atom. The van der Waals surface area contributed by atoms with E-state index in [1.807, 2.05) is 50.2 Å². The van der Waals surface area contributed by atoms with Crippen LogP contribution in [0.4, 0.5) is 11.8 Å². The van der Waals surface area contributed by atoms with Gasteiger partial charge in [0.25, 0.3) is 5.91 Å². The summed E-state index contributed by atoms with van der Waals surface area (Å²) in [5.41, 5.74) is 0.878. The Morgan fingerprint density at radius 2 is 1.92 bits per heavy atom. The second kappa shape index (κ2) is 9.34. The van der Waals surface area contributed by atoms with Crippen molar-refractivity contribution in [3.05, 3.63) is 42.1 Å². The first-order valence-electron chi connectivity index (χ1n) is 7.95. The highest BCUT2D eigenvalue weighted by Gasteiger charge is 2.03. The maximum absolute atomic E-state index is 11.7. The van der Waals surface area contributed by atoms with Gasteiger partial charge in [-0.2, -0.15) is 4.98 Å². The number of carbonyl (C=O) groups is 1. The van der Waals surface area contributed by atoms with Crippen molar-refractivity contribution in [3.8, 4) is 5.75 Å². The molecule has 7 heteroatoms. The van der Waals surface area contributed by atoms with Crippen molar-refractivity contribution in [1.82, 2.24) is 15.3 Å². The first kappa shape index (κ1) is 17.5. The maximum Gasteiger partial charge on any atom is 0.258 e. The standard InChI is InChI=1S/C17H23N5O2/c1-3-18-17-21-13(2)11-15(22-17)19-9-10-20-16(23)12-24-14-7-5-4-6-8-14/h4-8,11H,3,9-10,12H2,1-2H3,(H,20,23)(H2,18,19,21,22). The van der Waals surface area contributed by atoms with Crippen LogP contribution in [0.15, 0.2) is 36.4 Å². The lowest BCUT2D eigenvalue weighted by atomic mass is 10.3. The van der Waals surface area contributed by atoms with E-state index in [1.165, 1.54) is 0 Å². The predicted molar refractivity (Wildman–Crippen MR) is 94.4 cm³/mol. The molecule has 0 saturated carbocycles. The molecule has 128 valence electrons. The van der Waals surface area contributed by atoms with Gasteiger partial charge < -0.3 is 20.7 Å². The summed E-state index contributed by atoms with van der Waals surface area (Å²) in [5.74, 6) is 1.85. The summed E-state index contributed by atoms with van der Waals surface area (Å²) in [4.78, 5) is 20.4. The number of hydrogen-bond acceptors (Lipinski definition) is 6. The van der Waals surface area contributed by atoms with Crippen molar-refractivity contribution in [3.63, 3.8) is 0 Å². The molecule has 3 N–H and O–H groups in total. The van der Waals surface area contributed by atoms with Crippen LogP contribution in [0.1, 0.15) is 12.6 Å². The molecule has 0 saturated heterocycles. The lowest BCUT2D eigenvalue weighted by molar-refractivity contribution is -0.123. The van der Waals surface area contributed by atoms with Crippen LogP contribution in [0.5, 0.6) is 5.75 Å². The molecule has 0 unspecified atom stereocenters. The Labute approximate surface area is 141 Å². The summed E-state index contributed by atoms with van der Waals surface area (Å²) in [6.07, 6.45) is 0. The Hall–Kier alpha value is -2.83. The van der Waals surface area contributed by atoms with Crippen molar-refractivity contribution >= 4 is 17.7 Å². The lowest BCUT2D eigenvalue weighted by Crippen LogP contribution is -2.32. The molecule has 0 aliphatic heterocycles. The number of rotatable bonds is 9. The number of nitrogens with zero attached hydrogens (tertiary/aromatic N) is 2. The Morgan fingerprint density at radius 3 is 2.67 bits per heavy atom. The van der Waals surface area contributed by atoms with Crippen LogP contribution in [0.2, 0.25) is 0 Å². The Bertz CT molecular complexity index is 649. The van der Waals surface area contributed by atoms with Crippen molar-refractivity contribution in [2.24, 2.45) is 0 Å². The molecule has 2 rings (SSSR count). The fraction of sp³-hybridized carbons (Fsp3) is 0.353. The van der Waals surface area contributed by atoms with Gasteiger partial charge in [-0.05, 0) is 26.0 Å². The van der Waals surface area contributed by atoms with E-state index in [4.69, 9.17) is 4.74 Å². The fourth-order valence-electron chi connectivity index (χ4n) is 2.01. The summed E-state index contributed by atoms with van der Waals surface area (Å²) in [7, 11) is 0. The number of carbonyl (C=O) groups excluding carboxylic acids is 1. The zero-order chi connectivity index (χ0) is 17.2. The van der Waals surface area contributed by atoms with E-state index in [-0.39, 0.29) is 12.5 Å². The van der Waals surface area contributed by atoms with E-state index >= 15 is 0 Å². The molecule has 1 amide bonds. The van der Waals surface area contributed by atoms with Crippen LogP contribution >= 0.6 is 0 Å².